The lowest BCUT2D eigenvalue weighted by Crippen LogP contribution is -2.11. The third kappa shape index (κ3) is 2.85. The topological polar surface area (TPSA) is 81.2 Å². The molecule has 2 rings (SSSR count). The van der Waals surface area contributed by atoms with E-state index in [1.807, 2.05) is 25.1 Å². The van der Waals surface area contributed by atoms with Crippen LogP contribution in [0.2, 0.25) is 0 Å². The maximum atomic E-state index is 7.36. The van der Waals surface area contributed by atoms with Crippen LogP contribution in [0.3, 0.4) is 0 Å². The Kier molecular flexibility index (Phi) is 4.01. The molecule has 6 heteroatoms. The van der Waals surface area contributed by atoms with Gasteiger partial charge in [0.05, 0.1) is 13.7 Å². The van der Waals surface area contributed by atoms with Gasteiger partial charge < -0.3 is 15.2 Å². The van der Waals surface area contributed by atoms with Gasteiger partial charge in [0.2, 0.25) is 0 Å². The Balaban J connectivity index is 2.38. The summed E-state index contributed by atoms with van der Waals surface area (Å²) in [6, 6.07) is 5.63. The zero-order chi connectivity index (χ0) is 13.8. The summed E-state index contributed by atoms with van der Waals surface area (Å²) in [6.07, 6.45) is 0. The molecule has 0 fully saturated rings. The van der Waals surface area contributed by atoms with Crippen molar-refractivity contribution in [1.82, 2.24) is 4.98 Å². The van der Waals surface area contributed by atoms with Crippen LogP contribution in [0, 0.1) is 5.41 Å². The standard InChI is InChI=1S/C13H15N3O2S/c1-3-18-11-6-8(4-5-10(11)17-2)13-16-9(7-19-13)12(14)15/h4-7H,3H2,1-2H3,(H3,14,15). The van der Waals surface area contributed by atoms with Crippen LogP contribution in [0.25, 0.3) is 10.6 Å². The number of nitrogen functional groups attached to an aromatic ring is 1. The molecule has 0 atom stereocenters. The quantitative estimate of drug-likeness (QED) is 0.650. The molecule has 19 heavy (non-hydrogen) atoms. The van der Waals surface area contributed by atoms with E-state index in [2.05, 4.69) is 4.98 Å². The largest absolute Gasteiger partial charge is 0.493 e. The number of hydrogen-bond donors (Lipinski definition) is 2. The maximum absolute atomic E-state index is 7.36. The average Bonchev–Trinajstić information content (AvgIpc) is 2.89. The van der Waals surface area contributed by atoms with E-state index in [0.717, 1.165) is 10.6 Å². The van der Waals surface area contributed by atoms with Crippen molar-refractivity contribution in [1.29, 1.82) is 5.41 Å². The van der Waals surface area contributed by atoms with E-state index in [0.29, 0.717) is 23.8 Å². The number of amidine groups is 1. The summed E-state index contributed by atoms with van der Waals surface area (Å²) in [6.45, 7) is 2.49. The lowest BCUT2D eigenvalue weighted by Gasteiger charge is -2.10. The fraction of sp³-hybridized carbons (Fsp3) is 0.231. The highest BCUT2D eigenvalue weighted by Crippen LogP contribution is 2.33. The minimum Gasteiger partial charge on any atom is -0.493 e. The molecule has 1 aromatic carbocycles. The van der Waals surface area contributed by atoms with E-state index >= 15 is 0 Å². The monoisotopic (exact) mass is 277 g/mol. The fourth-order valence-corrected chi connectivity index (χ4v) is 2.43. The van der Waals surface area contributed by atoms with Crippen molar-refractivity contribution in [2.24, 2.45) is 5.73 Å². The molecule has 0 aliphatic carbocycles. The molecule has 0 bridgehead atoms. The normalized spacial score (nSPS) is 10.2. The number of ether oxygens (including phenoxy) is 2. The number of benzene rings is 1. The van der Waals surface area contributed by atoms with Crippen LogP contribution >= 0.6 is 11.3 Å². The molecule has 1 heterocycles. The van der Waals surface area contributed by atoms with Crippen LogP contribution in [0.15, 0.2) is 23.6 Å². The van der Waals surface area contributed by atoms with E-state index in [-0.39, 0.29) is 5.84 Å². The van der Waals surface area contributed by atoms with Crippen molar-refractivity contribution >= 4 is 17.2 Å². The molecule has 5 nitrogen and oxygen atoms in total. The van der Waals surface area contributed by atoms with Crippen LogP contribution in [0.1, 0.15) is 12.6 Å². The third-order valence-corrected chi connectivity index (χ3v) is 3.38. The first-order valence-corrected chi connectivity index (χ1v) is 6.64. The molecule has 3 N–H and O–H groups in total. The van der Waals surface area contributed by atoms with Gasteiger partial charge in [-0.2, -0.15) is 0 Å². The number of nitrogens with two attached hydrogens (primary N) is 1. The Morgan fingerprint density at radius 2 is 2.21 bits per heavy atom. The molecular weight excluding hydrogens is 262 g/mol. The van der Waals surface area contributed by atoms with Crippen molar-refractivity contribution in [2.45, 2.75) is 6.92 Å². The van der Waals surface area contributed by atoms with Gasteiger partial charge in [0.1, 0.15) is 16.5 Å². The molecule has 0 aliphatic rings. The van der Waals surface area contributed by atoms with Gasteiger partial charge in [-0.05, 0) is 25.1 Å². The van der Waals surface area contributed by atoms with E-state index in [9.17, 15) is 0 Å². The summed E-state index contributed by atoms with van der Waals surface area (Å²) in [7, 11) is 1.61. The van der Waals surface area contributed by atoms with E-state index < -0.39 is 0 Å². The molecule has 0 saturated heterocycles. The highest BCUT2D eigenvalue weighted by molar-refractivity contribution is 7.13. The molecule has 0 radical (unpaired) electrons. The lowest BCUT2D eigenvalue weighted by molar-refractivity contribution is 0.311. The zero-order valence-electron chi connectivity index (χ0n) is 10.8. The SMILES string of the molecule is CCOc1cc(-c2nc(C(=N)N)cs2)ccc1OC. The summed E-state index contributed by atoms with van der Waals surface area (Å²) in [4.78, 5) is 4.31. The average molecular weight is 277 g/mol. The molecule has 0 unspecified atom stereocenters. The first-order chi connectivity index (χ1) is 9.15. The Morgan fingerprint density at radius 3 is 2.79 bits per heavy atom. The van der Waals surface area contributed by atoms with Gasteiger partial charge in [0, 0.05) is 10.9 Å². The number of methoxy groups -OCH3 is 1. The first kappa shape index (κ1) is 13.4. The van der Waals surface area contributed by atoms with Gasteiger partial charge >= 0.3 is 0 Å². The Bertz CT molecular complexity index is 595. The fourth-order valence-electron chi connectivity index (χ4n) is 1.61. The lowest BCUT2D eigenvalue weighted by atomic mass is 10.2. The van der Waals surface area contributed by atoms with Crippen LogP contribution in [-0.4, -0.2) is 24.5 Å². The first-order valence-electron chi connectivity index (χ1n) is 5.76. The highest BCUT2D eigenvalue weighted by Gasteiger charge is 2.10. The second-order valence-electron chi connectivity index (χ2n) is 3.75. The zero-order valence-corrected chi connectivity index (χ0v) is 11.6. The number of nitrogens with zero attached hydrogens (tertiary/aromatic N) is 1. The minimum absolute atomic E-state index is 0.0268. The number of aromatic nitrogens is 1. The van der Waals surface area contributed by atoms with Gasteiger partial charge in [-0.1, -0.05) is 0 Å². The van der Waals surface area contributed by atoms with Gasteiger partial charge in [0.25, 0.3) is 0 Å². The number of thiazole rings is 1. The van der Waals surface area contributed by atoms with Gasteiger partial charge in [-0.25, -0.2) is 4.98 Å². The van der Waals surface area contributed by atoms with Crippen molar-refractivity contribution in [2.75, 3.05) is 13.7 Å². The molecular formula is C13H15N3O2S. The smallest absolute Gasteiger partial charge is 0.161 e. The molecule has 0 amide bonds. The molecule has 0 spiro atoms. The Hall–Kier alpha value is -2.08. The number of hydrogen-bond acceptors (Lipinski definition) is 5. The van der Waals surface area contributed by atoms with Crippen molar-refractivity contribution in [3.8, 4) is 22.1 Å². The van der Waals surface area contributed by atoms with E-state index in [4.69, 9.17) is 20.6 Å². The van der Waals surface area contributed by atoms with Crippen LogP contribution in [0.4, 0.5) is 0 Å². The highest BCUT2D eigenvalue weighted by atomic mass is 32.1. The minimum atomic E-state index is -0.0268. The molecule has 1 aromatic heterocycles. The van der Waals surface area contributed by atoms with E-state index in [1.54, 1.807) is 12.5 Å². The molecule has 0 aliphatic heterocycles. The summed E-state index contributed by atoms with van der Waals surface area (Å²) in [5.74, 6) is 1.34. The Morgan fingerprint density at radius 1 is 1.42 bits per heavy atom. The second kappa shape index (κ2) is 5.71. The van der Waals surface area contributed by atoms with E-state index in [1.165, 1.54) is 11.3 Å². The van der Waals surface area contributed by atoms with Crippen molar-refractivity contribution < 1.29 is 9.47 Å². The summed E-state index contributed by atoms with van der Waals surface area (Å²) in [5.41, 5.74) is 6.82. The van der Waals surface area contributed by atoms with Crippen LogP contribution in [-0.2, 0) is 0 Å². The summed E-state index contributed by atoms with van der Waals surface area (Å²) in [5, 5.41) is 9.93. The van der Waals surface area contributed by atoms with Crippen LogP contribution in [0.5, 0.6) is 11.5 Å². The number of rotatable bonds is 5. The predicted octanol–water partition coefficient (Wildman–Crippen LogP) is 2.50. The Labute approximate surface area is 115 Å². The molecule has 0 saturated carbocycles. The van der Waals surface area contributed by atoms with Crippen molar-refractivity contribution in [3.63, 3.8) is 0 Å². The second-order valence-corrected chi connectivity index (χ2v) is 4.61. The third-order valence-electron chi connectivity index (χ3n) is 2.49. The molecule has 2 aromatic rings. The van der Waals surface area contributed by atoms with Crippen molar-refractivity contribution in [3.05, 3.63) is 29.3 Å². The predicted molar refractivity (Wildman–Crippen MR) is 76.3 cm³/mol. The maximum Gasteiger partial charge on any atom is 0.161 e. The van der Waals surface area contributed by atoms with Gasteiger partial charge in [-0.15, -0.1) is 11.3 Å². The van der Waals surface area contributed by atoms with Crippen LogP contribution < -0.4 is 15.2 Å². The van der Waals surface area contributed by atoms with Gasteiger partial charge in [-0.3, -0.25) is 5.41 Å². The summed E-state index contributed by atoms with van der Waals surface area (Å²) < 4.78 is 10.8. The van der Waals surface area contributed by atoms with Gasteiger partial charge in [0.15, 0.2) is 11.5 Å². The summed E-state index contributed by atoms with van der Waals surface area (Å²) >= 11 is 1.44. The number of nitrogens with one attached hydrogen (secondary N) is 1. The molecule has 100 valence electrons.